The maximum absolute atomic E-state index is 10.2. The number of rotatable bonds is 2. The van der Waals surface area contributed by atoms with Gasteiger partial charge in [0.1, 0.15) is 0 Å². The monoisotopic (exact) mass is 144 g/mol. The lowest BCUT2D eigenvalue weighted by Crippen LogP contribution is -2.49. The molecule has 0 aromatic heterocycles. The van der Waals surface area contributed by atoms with Gasteiger partial charge in [0.05, 0.1) is 6.42 Å². The van der Waals surface area contributed by atoms with Gasteiger partial charge in [-0.2, -0.15) is 0 Å². The zero-order chi connectivity index (χ0) is 7.40. The number of carboxylic acids is 1. The minimum atomic E-state index is -0.735. The van der Waals surface area contributed by atoms with Crippen molar-refractivity contribution in [2.75, 3.05) is 19.6 Å². The molecule has 0 radical (unpaired) electrons. The van der Waals surface area contributed by atoms with E-state index < -0.39 is 5.97 Å². The third-order valence-electron chi connectivity index (χ3n) is 1.55. The second kappa shape index (κ2) is 3.53. The predicted octanol–water partition coefficient (Wildman–Crippen LogP) is -0.977. The Morgan fingerprint density at radius 3 is 2.90 bits per heavy atom. The van der Waals surface area contributed by atoms with Crippen LogP contribution in [0.1, 0.15) is 6.42 Å². The van der Waals surface area contributed by atoms with E-state index in [4.69, 9.17) is 5.11 Å². The number of piperazine rings is 1. The third kappa shape index (κ3) is 2.33. The summed E-state index contributed by atoms with van der Waals surface area (Å²) in [7, 11) is 0. The molecule has 0 bridgehead atoms. The van der Waals surface area contributed by atoms with Crippen LogP contribution in [0, 0.1) is 0 Å². The summed E-state index contributed by atoms with van der Waals surface area (Å²) in [6.07, 6.45) is 0.215. The van der Waals surface area contributed by atoms with E-state index in [-0.39, 0.29) is 12.5 Å². The lowest BCUT2D eigenvalue weighted by Gasteiger charge is -2.22. The van der Waals surface area contributed by atoms with Crippen molar-refractivity contribution in [3.05, 3.63) is 0 Å². The van der Waals surface area contributed by atoms with Gasteiger partial charge in [0.2, 0.25) is 0 Å². The summed E-state index contributed by atoms with van der Waals surface area (Å²) < 4.78 is 0. The number of nitrogens with one attached hydrogen (secondary N) is 2. The van der Waals surface area contributed by atoms with Gasteiger partial charge in [0.15, 0.2) is 0 Å². The normalized spacial score (nSPS) is 26.2. The van der Waals surface area contributed by atoms with Gasteiger partial charge in [-0.25, -0.2) is 0 Å². The second-order valence-corrected chi connectivity index (χ2v) is 2.45. The highest BCUT2D eigenvalue weighted by molar-refractivity contribution is 5.67. The van der Waals surface area contributed by atoms with E-state index in [9.17, 15) is 4.79 Å². The fourth-order valence-corrected chi connectivity index (χ4v) is 1.07. The molecule has 4 heteroatoms. The predicted molar refractivity (Wildman–Crippen MR) is 36.9 cm³/mol. The zero-order valence-corrected chi connectivity index (χ0v) is 5.76. The average molecular weight is 144 g/mol. The molecule has 0 saturated carbocycles. The fraction of sp³-hybridized carbons (Fsp3) is 0.833. The Balaban J connectivity index is 2.19. The molecule has 0 amide bonds. The summed E-state index contributed by atoms with van der Waals surface area (Å²) >= 11 is 0. The van der Waals surface area contributed by atoms with Gasteiger partial charge in [-0.1, -0.05) is 0 Å². The van der Waals surface area contributed by atoms with Crippen LogP contribution in [0.2, 0.25) is 0 Å². The molecule has 1 atom stereocenters. The maximum atomic E-state index is 10.2. The van der Waals surface area contributed by atoms with Crippen molar-refractivity contribution in [3.63, 3.8) is 0 Å². The summed E-state index contributed by atoms with van der Waals surface area (Å²) in [6, 6.07) is 0.117. The van der Waals surface area contributed by atoms with Crippen LogP contribution in [0.5, 0.6) is 0 Å². The molecule has 1 fully saturated rings. The van der Waals surface area contributed by atoms with Crippen molar-refractivity contribution >= 4 is 5.97 Å². The first-order valence-corrected chi connectivity index (χ1v) is 3.45. The molecule has 1 rings (SSSR count). The molecule has 4 nitrogen and oxygen atoms in total. The highest BCUT2D eigenvalue weighted by atomic mass is 16.4. The Hall–Kier alpha value is -0.610. The van der Waals surface area contributed by atoms with Crippen molar-refractivity contribution in [2.24, 2.45) is 0 Å². The van der Waals surface area contributed by atoms with Crippen LogP contribution in [-0.4, -0.2) is 36.8 Å². The zero-order valence-electron chi connectivity index (χ0n) is 5.76. The van der Waals surface area contributed by atoms with Gasteiger partial charge in [-0.3, -0.25) is 4.79 Å². The van der Waals surface area contributed by atoms with E-state index in [1.807, 2.05) is 0 Å². The van der Waals surface area contributed by atoms with Crippen LogP contribution in [-0.2, 0) is 4.79 Å². The fourth-order valence-electron chi connectivity index (χ4n) is 1.07. The molecule has 10 heavy (non-hydrogen) atoms. The SMILES string of the molecule is O=C(O)CC1CNCCN1. The van der Waals surface area contributed by atoms with Crippen LogP contribution < -0.4 is 10.6 Å². The molecule has 1 aliphatic heterocycles. The molecule has 0 aromatic carbocycles. The number of carbonyl (C=O) groups is 1. The number of hydrogen-bond donors (Lipinski definition) is 3. The van der Waals surface area contributed by atoms with Gasteiger partial charge >= 0.3 is 5.97 Å². The van der Waals surface area contributed by atoms with Gasteiger partial charge < -0.3 is 15.7 Å². The highest BCUT2D eigenvalue weighted by Crippen LogP contribution is 1.92. The van der Waals surface area contributed by atoms with E-state index in [1.54, 1.807) is 0 Å². The lowest BCUT2D eigenvalue weighted by molar-refractivity contribution is -0.137. The summed E-state index contributed by atoms with van der Waals surface area (Å²) in [5.74, 6) is -0.735. The van der Waals surface area contributed by atoms with Gasteiger partial charge in [0.25, 0.3) is 0 Å². The van der Waals surface area contributed by atoms with Crippen LogP contribution in [0.25, 0.3) is 0 Å². The van der Waals surface area contributed by atoms with Crippen LogP contribution >= 0.6 is 0 Å². The molecule has 1 heterocycles. The summed E-state index contributed by atoms with van der Waals surface area (Å²) in [4.78, 5) is 10.2. The standard InChI is InChI=1S/C6H12N2O2/c9-6(10)3-5-4-7-1-2-8-5/h5,7-8H,1-4H2,(H,9,10). The maximum Gasteiger partial charge on any atom is 0.304 e. The van der Waals surface area contributed by atoms with Gasteiger partial charge in [-0.05, 0) is 0 Å². The largest absolute Gasteiger partial charge is 0.481 e. The molecule has 0 spiro atoms. The van der Waals surface area contributed by atoms with Crippen molar-refractivity contribution in [1.82, 2.24) is 10.6 Å². The molecular weight excluding hydrogens is 132 g/mol. The smallest absolute Gasteiger partial charge is 0.304 e. The van der Waals surface area contributed by atoms with Crippen molar-refractivity contribution in [3.8, 4) is 0 Å². The molecular formula is C6H12N2O2. The molecule has 3 N–H and O–H groups in total. The first-order valence-electron chi connectivity index (χ1n) is 3.45. The Kier molecular flexibility index (Phi) is 2.65. The average Bonchev–Trinajstić information content (AvgIpc) is 1.88. The summed E-state index contributed by atoms with van der Waals surface area (Å²) in [6.45, 7) is 2.58. The number of hydrogen-bond acceptors (Lipinski definition) is 3. The number of carboxylic acid groups (broad SMARTS) is 1. The van der Waals surface area contributed by atoms with Gasteiger partial charge in [0, 0.05) is 25.7 Å². The van der Waals surface area contributed by atoms with E-state index in [1.165, 1.54) is 0 Å². The minimum absolute atomic E-state index is 0.117. The third-order valence-corrected chi connectivity index (χ3v) is 1.55. The van der Waals surface area contributed by atoms with E-state index in [2.05, 4.69) is 10.6 Å². The first-order chi connectivity index (χ1) is 4.79. The number of aliphatic carboxylic acids is 1. The molecule has 1 aliphatic rings. The van der Waals surface area contributed by atoms with Crippen LogP contribution in [0.15, 0.2) is 0 Å². The quantitative estimate of drug-likeness (QED) is 0.466. The summed E-state index contributed by atoms with van der Waals surface area (Å²) in [5, 5.41) is 14.6. The Morgan fingerprint density at radius 1 is 1.60 bits per heavy atom. The highest BCUT2D eigenvalue weighted by Gasteiger charge is 2.14. The van der Waals surface area contributed by atoms with Crippen molar-refractivity contribution < 1.29 is 9.90 Å². The topological polar surface area (TPSA) is 61.4 Å². The van der Waals surface area contributed by atoms with Crippen molar-refractivity contribution in [2.45, 2.75) is 12.5 Å². The first kappa shape index (κ1) is 7.50. The molecule has 58 valence electrons. The van der Waals surface area contributed by atoms with Crippen LogP contribution in [0.3, 0.4) is 0 Å². The van der Waals surface area contributed by atoms with E-state index >= 15 is 0 Å². The summed E-state index contributed by atoms with van der Waals surface area (Å²) in [5.41, 5.74) is 0. The molecule has 1 unspecified atom stereocenters. The Morgan fingerprint density at radius 2 is 2.40 bits per heavy atom. The second-order valence-electron chi connectivity index (χ2n) is 2.45. The van der Waals surface area contributed by atoms with Crippen molar-refractivity contribution in [1.29, 1.82) is 0 Å². The van der Waals surface area contributed by atoms with E-state index in [0.29, 0.717) is 0 Å². The van der Waals surface area contributed by atoms with E-state index in [0.717, 1.165) is 19.6 Å². The molecule has 0 aromatic rings. The Labute approximate surface area is 59.6 Å². The minimum Gasteiger partial charge on any atom is -0.481 e. The molecule has 1 saturated heterocycles. The van der Waals surface area contributed by atoms with Crippen LogP contribution in [0.4, 0.5) is 0 Å². The molecule has 0 aliphatic carbocycles. The van der Waals surface area contributed by atoms with Gasteiger partial charge in [-0.15, -0.1) is 0 Å². The lowest BCUT2D eigenvalue weighted by atomic mass is 10.2. The Bertz CT molecular complexity index is 121.